The summed E-state index contributed by atoms with van der Waals surface area (Å²) in [6.07, 6.45) is 1.49. The Bertz CT molecular complexity index is 179. The summed E-state index contributed by atoms with van der Waals surface area (Å²) in [4.78, 5) is 11.2. The van der Waals surface area contributed by atoms with Crippen LogP contribution < -0.4 is 11.2 Å². The number of carbonyl (C=O) groups is 1. The lowest BCUT2D eigenvalue weighted by molar-refractivity contribution is -0.128. The minimum Gasteiger partial charge on any atom is -0.323 e. The van der Waals surface area contributed by atoms with E-state index in [1.807, 2.05) is 20.8 Å². The quantitative estimate of drug-likeness (QED) is 0.469. The first-order valence-corrected chi connectivity index (χ1v) is 3.93. The molecule has 0 spiro atoms. The predicted molar refractivity (Wildman–Crippen MR) is 49.7 cm³/mol. The van der Waals surface area contributed by atoms with Crippen LogP contribution in [0.3, 0.4) is 0 Å². The number of nitrogens with zero attached hydrogens (tertiary/aromatic N) is 1. The van der Waals surface area contributed by atoms with Gasteiger partial charge in [-0.3, -0.25) is 4.79 Å². The molecule has 0 heterocycles. The predicted octanol–water partition coefficient (Wildman–Crippen LogP) is 0.482. The molecule has 0 aliphatic rings. The zero-order valence-corrected chi connectivity index (χ0v) is 8.09. The minimum absolute atomic E-state index is 0.112. The van der Waals surface area contributed by atoms with Gasteiger partial charge < -0.3 is 5.73 Å². The van der Waals surface area contributed by atoms with Crippen LogP contribution in [-0.4, -0.2) is 18.2 Å². The summed E-state index contributed by atoms with van der Waals surface area (Å²) < 4.78 is 0. The molecular weight excluding hydrogens is 154 g/mol. The zero-order valence-electron chi connectivity index (χ0n) is 8.09. The van der Waals surface area contributed by atoms with Gasteiger partial charge in [0.25, 0.3) is 0 Å². The Kier molecular flexibility index (Phi) is 3.89. The Hall–Kier alpha value is -0.900. The van der Waals surface area contributed by atoms with Crippen LogP contribution >= 0.6 is 0 Å². The Morgan fingerprint density at radius 1 is 1.58 bits per heavy atom. The number of hydrazone groups is 1. The van der Waals surface area contributed by atoms with E-state index in [9.17, 15) is 4.79 Å². The van der Waals surface area contributed by atoms with Crippen LogP contribution in [-0.2, 0) is 4.79 Å². The van der Waals surface area contributed by atoms with Crippen LogP contribution in [0.4, 0.5) is 0 Å². The molecule has 0 fully saturated rings. The van der Waals surface area contributed by atoms with Crippen LogP contribution in [0.1, 0.15) is 27.7 Å². The molecule has 0 aromatic rings. The molecule has 4 nitrogen and oxygen atoms in total. The van der Waals surface area contributed by atoms with Crippen molar-refractivity contribution in [3.05, 3.63) is 0 Å². The Labute approximate surface area is 73.2 Å². The van der Waals surface area contributed by atoms with Gasteiger partial charge in [-0.25, -0.2) is 5.43 Å². The number of nitrogens with two attached hydrogens (primary N) is 1. The van der Waals surface area contributed by atoms with Gasteiger partial charge in [0.05, 0.1) is 0 Å². The number of carbonyl (C=O) groups excluding carboxylic acids is 1. The van der Waals surface area contributed by atoms with Gasteiger partial charge in [-0.2, -0.15) is 5.10 Å². The molecule has 70 valence electrons. The molecule has 1 amide bonds. The monoisotopic (exact) mass is 171 g/mol. The normalized spacial score (nSPS) is 14.8. The Morgan fingerprint density at radius 3 is 2.42 bits per heavy atom. The second-order valence-corrected chi connectivity index (χ2v) is 3.83. The van der Waals surface area contributed by atoms with E-state index in [1.165, 1.54) is 6.21 Å². The van der Waals surface area contributed by atoms with Crippen molar-refractivity contribution in [3.63, 3.8) is 0 Å². The van der Waals surface area contributed by atoms with Crippen molar-refractivity contribution in [2.24, 2.45) is 16.3 Å². The fourth-order valence-electron chi connectivity index (χ4n) is 0.381. The largest absolute Gasteiger partial charge is 0.323 e. The van der Waals surface area contributed by atoms with Crippen molar-refractivity contribution in [3.8, 4) is 0 Å². The summed E-state index contributed by atoms with van der Waals surface area (Å²) in [5.74, 6) is -0.112. The average molecular weight is 171 g/mol. The molecule has 3 N–H and O–H groups in total. The molecule has 0 aliphatic carbocycles. The Morgan fingerprint density at radius 2 is 2.08 bits per heavy atom. The zero-order chi connectivity index (χ0) is 9.78. The molecule has 0 saturated carbocycles. The summed E-state index contributed by atoms with van der Waals surface area (Å²) in [5, 5.41) is 3.69. The highest BCUT2D eigenvalue weighted by atomic mass is 16.2. The van der Waals surface area contributed by atoms with Crippen LogP contribution in [0.25, 0.3) is 0 Å². The van der Waals surface area contributed by atoms with E-state index in [4.69, 9.17) is 5.73 Å². The maximum absolute atomic E-state index is 11.2. The number of nitrogens with one attached hydrogen (secondary N) is 1. The highest BCUT2D eigenvalue weighted by Gasteiger charge is 2.20. The van der Waals surface area contributed by atoms with Gasteiger partial charge in [0.2, 0.25) is 5.91 Å². The fourth-order valence-corrected chi connectivity index (χ4v) is 0.381. The third kappa shape index (κ3) is 4.85. The van der Waals surface area contributed by atoms with Gasteiger partial charge in [0, 0.05) is 17.7 Å². The van der Waals surface area contributed by atoms with Crippen molar-refractivity contribution in [1.82, 2.24) is 5.43 Å². The average Bonchev–Trinajstić information content (AvgIpc) is 1.84. The summed E-state index contributed by atoms with van der Waals surface area (Å²) in [7, 11) is 0. The van der Waals surface area contributed by atoms with Gasteiger partial charge >= 0.3 is 0 Å². The summed E-state index contributed by atoms with van der Waals surface area (Å²) in [6, 6.07) is -0.134. The molecule has 0 aromatic carbocycles. The van der Waals surface area contributed by atoms with Crippen LogP contribution in [0.5, 0.6) is 0 Å². The molecule has 0 aromatic heterocycles. The second kappa shape index (κ2) is 4.21. The van der Waals surface area contributed by atoms with Gasteiger partial charge in [-0.15, -0.1) is 0 Å². The van der Waals surface area contributed by atoms with Crippen molar-refractivity contribution < 1.29 is 4.79 Å². The van der Waals surface area contributed by atoms with E-state index < -0.39 is 5.41 Å². The van der Waals surface area contributed by atoms with Crippen LogP contribution in [0.2, 0.25) is 0 Å². The summed E-state index contributed by atoms with van der Waals surface area (Å²) in [6.45, 7) is 7.25. The maximum Gasteiger partial charge on any atom is 0.245 e. The van der Waals surface area contributed by atoms with E-state index in [-0.39, 0.29) is 11.9 Å². The highest BCUT2D eigenvalue weighted by Crippen LogP contribution is 2.11. The van der Waals surface area contributed by atoms with Crippen molar-refractivity contribution >= 4 is 12.1 Å². The number of rotatable bonds is 2. The second-order valence-electron chi connectivity index (χ2n) is 3.83. The number of hydrogen-bond donors (Lipinski definition) is 2. The van der Waals surface area contributed by atoms with Crippen LogP contribution in [0, 0.1) is 5.41 Å². The van der Waals surface area contributed by atoms with Gasteiger partial charge in [0.1, 0.15) is 0 Å². The lowest BCUT2D eigenvalue weighted by Gasteiger charge is -2.14. The third-order valence-corrected chi connectivity index (χ3v) is 1.16. The molecule has 0 radical (unpaired) electrons. The SMILES string of the molecule is CC(N)C=NNC(=O)C(C)(C)C. The molecule has 12 heavy (non-hydrogen) atoms. The molecule has 4 heteroatoms. The van der Waals surface area contributed by atoms with Gasteiger partial charge in [-0.1, -0.05) is 20.8 Å². The van der Waals surface area contributed by atoms with Crippen molar-refractivity contribution in [1.29, 1.82) is 0 Å². The number of hydrogen-bond acceptors (Lipinski definition) is 3. The first-order valence-electron chi connectivity index (χ1n) is 3.93. The van der Waals surface area contributed by atoms with Gasteiger partial charge in [-0.05, 0) is 6.92 Å². The van der Waals surface area contributed by atoms with E-state index in [0.29, 0.717) is 0 Å². The molecule has 1 unspecified atom stereocenters. The molecule has 0 rings (SSSR count). The topological polar surface area (TPSA) is 67.5 Å². The number of amides is 1. The lowest BCUT2D eigenvalue weighted by Crippen LogP contribution is -2.32. The van der Waals surface area contributed by atoms with E-state index in [0.717, 1.165) is 0 Å². The fraction of sp³-hybridized carbons (Fsp3) is 0.750. The Balaban J connectivity index is 3.88. The highest BCUT2D eigenvalue weighted by molar-refractivity contribution is 5.82. The molecule has 1 atom stereocenters. The van der Waals surface area contributed by atoms with Crippen molar-refractivity contribution in [2.75, 3.05) is 0 Å². The lowest BCUT2D eigenvalue weighted by atomic mass is 9.96. The third-order valence-electron chi connectivity index (χ3n) is 1.16. The molecule has 0 aliphatic heterocycles. The molecule has 0 saturated heterocycles. The van der Waals surface area contributed by atoms with Gasteiger partial charge in [0.15, 0.2) is 0 Å². The maximum atomic E-state index is 11.2. The minimum atomic E-state index is -0.408. The first kappa shape index (κ1) is 11.1. The standard InChI is InChI=1S/C8H17N3O/c1-6(9)5-10-11-7(12)8(2,3)4/h5-6H,9H2,1-4H3,(H,11,12). The van der Waals surface area contributed by atoms with Crippen LogP contribution in [0.15, 0.2) is 5.10 Å². The van der Waals surface area contributed by atoms with E-state index >= 15 is 0 Å². The first-order chi connectivity index (χ1) is 5.34. The van der Waals surface area contributed by atoms with E-state index in [1.54, 1.807) is 6.92 Å². The molecular formula is C8H17N3O. The van der Waals surface area contributed by atoms with Crippen molar-refractivity contribution in [2.45, 2.75) is 33.7 Å². The molecule has 0 bridgehead atoms. The smallest absolute Gasteiger partial charge is 0.245 e. The summed E-state index contributed by atoms with van der Waals surface area (Å²) in [5.41, 5.74) is 7.38. The summed E-state index contributed by atoms with van der Waals surface area (Å²) >= 11 is 0. The van der Waals surface area contributed by atoms with E-state index in [2.05, 4.69) is 10.5 Å².